The van der Waals surface area contributed by atoms with Crippen molar-refractivity contribution in [2.45, 2.75) is 113 Å². The number of aliphatic hydroxyl groups excluding tert-OH is 7. The lowest BCUT2D eigenvalue weighted by Crippen LogP contribution is -2.64. The van der Waals surface area contributed by atoms with E-state index in [9.17, 15) is 40.5 Å². The maximum absolute atomic E-state index is 12.0. The Bertz CT molecular complexity index is 590. The van der Waals surface area contributed by atoms with E-state index in [-0.39, 0.29) is 19.0 Å². The van der Waals surface area contributed by atoms with E-state index in [1.165, 1.54) is 6.42 Å². The minimum atomic E-state index is -1.76. The number of unbranched alkanes of at least 4 members (excludes halogenated alkanes) is 5. The Hall–Kier alpha value is -0.770. The summed E-state index contributed by atoms with van der Waals surface area (Å²) in [7, 11) is 0. The molecule has 0 unspecified atom stereocenters. The lowest BCUT2D eigenvalue weighted by molar-refractivity contribution is -0.355. The average molecular weight is 497 g/mol. The second kappa shape index (κ2) is 14.7. The molecule has 0 aromatic carbocycles. The number of carbonyl (C=O) groups excluding carboxylic acids is 1. The predicted octanol–water partition coefficient (Wildman–Crippen LogP) is -2.05. The van der Waals surface area contributed by atoms with Crippen LogP contribution in [0.3, 0.4) is 0 Å². The summed E-state index contributed by atoms with van der Waals surface area (Å²) in [6, 6.07) is 0. The molecule has 2 aliphatic rings. The van der Waals surface area contributed by atoms with Crippen LogP contribution in [0.4, 0.5) is 0 Å². The van der Waals surface area contributed by atoms with E-state index in [0.717, 1.165) is 32.1 Å². The largest absolute Gasteiger partial charge is 0.394 e. The molecule has 0 saturated carbocycles. The quantitative estimate of drug-likeness (QED) is 0.130. The van der Waals surface area contributed by atoms with E-state index in [0.29, 0.717) is 6.42 Å². The van der Waals surface area contributed by atoms with Gasteiger partial charge in [-0.15, -0.1) is 0 Å². The van der Waals surface area contributed by atoms with Crippen molar-refractivity contribution < 1.29 is 59.5 Å². The third-order valence-electron chi connectivity index (χ3n) is 6.15. The summed E-state index contributed by atoms with van der Waals surface area (Å²) in [5, 5.41) is 69.8. The molecular formula is C22H40O12. The van der Waals surface area contributed by atoms with E-state index in [1.54, 1.807) is 0 Å². The Balaban J connectivity index is 1.84. The van der Waals surface area contributed by atoms with E-state index in [2.05, 4.69) is 6.92 Å². The van der Waals surface area contributed by atoms with Crippen LogP contribution in [0.15, 0.2) is 0 Å². The molecule has 2 fully saturated rings. The number of Topliss-reactive ketones (excluding diaryl/α,β-unsaturated/α-hetero) is 1. The van der Waals surface area contributed by atoms with Gasteiger partial charge in [-0.25, -0.2) is 0 Å². The van der Waals surface area contributed by atoms with Gasteiger partial charge in [0.1, 0.15) is 55.4 Å². The molecule has 0 aromatic heterocycles. The Labute approximate surface area is 199 Å². The standard InChI is InChI=1S/C22H40O12/c1-2-3-4-5-6-7-8-12(24)10-31-11-14-15(25)16(26)19(29)22(33-14)34-20-13(9-23)32-21(30)18(28)17(20)27/h13-23,25-30H,2-11H2,1H3/t13-,14-,15-,16+,17-,18-,19-,20-,21-,22+/m1/s1. The fraction of sp³-hybridized carbons (Fsp3) is 0.955. The number of ether oxygens (including phenoxy) is 4. The molecule has 0 radical (unpaired) electrons. The molecule has 0 aliphatic carbocycles. The van der Waals surface area contributed by atoms with E-state index < -0.39 is 68.0 Å². The van der Waals surface area contributed by atoms with Gasteiger partial charge < -0.3 is 54.7 Å². The predicted molar refractivity (Wildman–Crippen MR) is 115 cm³/mol. The van der Waals surface area contributed by atoms with Gasteiger partial charge >= 0.3 is 0 Å². The van der Waals surface area contributed by atoms with Gasteiger partial charge in [0.2, 0.25) is 0 Å². The molecule has 12 heteroatoms. The molecule has 200 valence electrons. The van der Waals surface area contributed by atoms with Crippen molar-refractivity contribution >= 4 is 5.78 Å². The first-order valence-electron chi connectivity index (χ1n) is 12.0. The molecule has 2 saturated heterocycles. The van der Waals surface area contributed by atoms with E-state index in [1.807, 2.05) is 0 Å². The van der Waals surface area contributed by atoms with Crippen molar-refractivity contribution in [1.29, 1.82) is 0 Å². The lowest BCUT2D eigenvalue weighted by Gasteiger charge is -2.45. The van der Waals surface area contributed by atoms with Crippen molar-refractivity contribution in [3.63, 3.8) is 0 Å². The van der Waals surface area contributed by atoms with Crippen LogP contribution in [0, 0.1) is 0 Å². The smallest absolute Gasteiger partial charge is 0.187 e. The van der Waals surface area contributed by atoms with Gasteiger partial charge in [-0.05, 0) is 6.42 Å². The van der Waals surface area contributed by atoms with Crippen molar-refractivity contribution in [3.8, 4) is 0 Å². The zero-order valence-electron chi connectivity index (χ0n) is 19.5. The number of carbonyl (C=O) groups is 1. The number of rotatable bonds is 14. The summed E-state index contributed by atoms with van der Waals surface area (Å²) in [4.78, 5) is 12.0. The summed E-state index contributed by atoms with van der Waals surface area (Å²) in [5.41, 5.74) is 0. The minimum Gasteiger partial charge on any atom is -0.394 e. The summed E-state index contributed by atoms with van der Waals surface area (Å²) >= 11 is 0. The van der Waals surface area contributed by atoms with Crippen LogP contribution in [-0.2, 0) is 23.7 Å². The second-order valence-corrected chi connectivity index (χ2v) is 8.92. The molecule has 10 atom stereocenters. The van der Waals surface area contributed by atoms with Crippen LogP contribution >= 0.6 is 0 Å². The third kappa shape index (κ3) is 8.14. The molecular weight excluding hydrogens is 456 g/mol. The molecule has 2 rings (SSSR count). The van der Waals surface area contributed by atoms with Crippen LogP contribution in [-0.4, -0.2) is 123 Å². The first-order valence-corrected chi connectivity index (χ1v) is 12.0. The minimum absolute atomic E-state index is 0.102. The van der Waals surface area contributed by atoms with Gasteiger partial charge in [0.15, 0.2) is 18.4 Å². The summed E-state index contributed by atoms with van der Waals surface area (Å²) in [6.45, 7) is 0.975. The Kier molecular flexibility index (Phi) is 12.7. The van der Waals surface area contributed by atoms with Gasteiger partial charge in [0.25, 0.3) is 0 Å². The number of aliphatic hydroxyl groups is 7. The number of hydrogen-bond acceptors (Lipinski definition) is 12. The summed E-state index contributed by atoms with van der Waals surface area (Å²) in [6.07, 6.45) is -8.95. The van der Waals surface area contributed by atoms with Gasteiger partial charge in [0.05, 0.1) is 13.2 Å². The van der Waals surface area contributed by atoms with Gasteiger partial charge in [0, 0.05) is 6.42 Å². The highest BCUT2D eigenvalue weighted by molar-refractivity contribution is 5.79. The van der Waals surface area contributed by atoms with E-state index in [4.69, 9.17) is 18.9 Å². The second-order valence-electron chi connectivity index (χ2n) is 8.92. The maximum atomic E-state index is 12.0. The van der Waals surface area contributed by atoms with Gasteiger partial charge in [-0.3, -0.25) is 4.79 Å². The van der Waals surface area contributed by atoms with Crippen LogP contribution in [0.5, 0.6) is 0 Å². The SMILES string of the molecule is CCCCCCCCC(=O)COC[C@H]1O[C@@H](O[C@H]2[C@H](O)[C@@H](O)[C@H](O)O[C@@H]2CO)[C@H](O)[C@@H](O)[C@@H]1O. The van der Waals surface area contributed by atoms with Crippen molar-refractivity contribution in [3.05, 3.63) is 0 Å². The fourth-order valence-corrected chi connectivity index (χ4v) is 4.02. The monoisotopic (exact) mass is 496 g/mol. The molecule has 0 aromatic rings. The molecule has 0 spiro atoms. The number of hydrogen-bond donors (Lipinski definition) is 7. The Morgan fingerprint density at radius 2 is 1.47 bits per heavy atom. The summed E-state index contributed by atoms with van der Waals surface area (Å²) < 4.78 is 21.3. The van der Waals surface area contributed by atoms with Crippen LogP contribution in [0.2, 0.25) is 0 Å². The van der Waals surface area contributed by atoms with Gasteiger partial charge in [-0.2, -0.15) is 0 Å². The van der Waals surface area contributed by atoms with Crippen LogP contribution in [0.25, 0.3) is 0 Å². The average Bonchev–Trinajstić information content (AvgIpc) is 2.82. The Morgan fingerprint density at radius 3 is 2.15 bits per heavy atom. The zero-order valence-corrected chi connectivity index (χ0v) is 19.5. The Morgan fingerprint density at radius 1 is 0.794 bits per heavy atom. The molecule has 0 bridgehead atoms. The number of ketones is 1. The molecule has 0 amide bonds. The zero-order chi connectivity index (χ0) is 25.3. The van der Waals surface area contributed by atoms with Gasteiger partial charge in [-0.1, -0.05) is 39.0 Å². The molecule has 34 heavy (non-hydrogen) atoms. The third-order valence-corrected chi connectivity index (χ3v) is 6.15. The van der Waals surface area contributed by atoms with Crippen LogP contribution in [0.1, 0.15) is 51.9 Å². The maximum Gasteiger partial charge on any atom is 0.187 e. The van der Waals surface area contributed by atoms with Crippen molar-refractivity contribution in [2.24, 2.45) is 0 Å². The highest BCUT2D eigenvalue weighted by Gasteiger charge is 2.50. The van der Waals surface area contributed by atoms with Crippen molar-refractivity contribution in [1.82, 2.24) is 0 Å². The molecule has 7 N–H and O–H groups in total. The molecule has 12 nitrogen and oxygen atoms in total. The molecule has 2 aliphatic heterocycles. The normalized spacial score (nSPS) is 38.7. The molecule has 2 heterocycles. The highest BCUT2D eigenvalue weighted by atomic mass is 16.7. The highest BCUT2D eigenvalue weighted by Crippen LogP contribution is 2.28. The van der Waals surface area contributed by atoms with Crippen molar-refractivity contribution in [2.75, 3.05) is 19.8 Å². The topological polar surface area (TPSA) is 196 Å². The fourth-order valence-electron chi connectivity index (χ4n) is 4.02. The van der Waals surface area contributed by atoms with E-state index >= 15 is 0 Å². The summed E-state index contributed by atoms with van der Waals surface area (Å²) in [5.74, 6) is -0.102. The first-order chi connectivity index (χ1) is 16.2. The van der Waals surface area contributed by atoms with Crippen LogP contribution < -0.4 is 0 Å². The first kappa shape index (κ1) is 29.5. The lowest BCUT2D eigenvalue weighted by atomic mass is 9.97.